The van der Waals surface area contributed by atoms with Crippen molar-refractivity contribution in [1.82, 2.24) is 20.2 Å². The Morgan fingerprint density at radius 2 is 1.89 bits per heavy atom. The topological polar surface area (TPSA) is 102 Å². The van der Waals surface area contributed by atoms with Gasteiger partial charge in [-0.1, -0.05) is 36.4 Å². The number of nitrogens with zero attached hydrogens (tertiary/aromatic N) is 4. The van der Waals surface area contributed by atoms with E-state index in [0.29, 0.717) is 12.4 Å². The number of rotatable bonds is 7. The number of fused-ring (bicyclic) bond motifs is 3. The van der Waals surface area contributed by atoms with Gasteiger partial charge in [0.2, 0.25) is 0 Å². The van der Waals surface area contributed by atoms with Crippen molar-refractivity contribution < 1.29 is 14.7 Å². The molecule has 2 aromatic heterocycles. The predicted molar refractivity (Wildman–Crippen MR) is 141 cm³/mol. The van der Waals surface area contributed by atoms with Crippen molar-refractivity contribution >= 4 is 23.0 Å². The summed E-state index contributed by atoms with van der Waals surface area (Å²) in [5, 5.41) is 18.5. The van der Waals surface area contributed by atoms with Gasteiger partial charge in [-0.2, -0.15) is 0 Å². The highest BCUT2D eigenvalue weighted by Crippen LogP contribution is 2.39. The Labute approximate surface area is 215 Å². The molecule has 8 nitrogen and oxygen atoms in total. The molecule has 2 N–H and O–H groups in total. The van der Waals surface area contributed by atoms with Crippen LogP contribution in [0.25, 0.3) is 5.00 Å². The molecule has 0 bridgehead atoms. The molecule has 0 aliphatic carbocycles. The first-order valence-electron chi connectivity index (χ1n) is 12.0. The lowest BCUT2D eigenvalue weighted by molar-refractivity contribution is -0.155. The number of aliphatic imine (C=N–C) groups is 1. The minimum absolute atomic E-state index is 0.0770. The van der Waals surface area contributed by atoms with E-state index in [4.69, 9.17) is 14.9 Å². The second-order valence-corrected chi connectivity index (χ2v) is 11.1. The van der Waals surface area contributed by atoms with Crippen LogP contribution in [0.1, 0.15) is 72.0 Å². The van der Waals surface area contributed by atoms with Gasteiger partial charge < -0.3 is 9.94 Å². The second-order valence-electron chi connectivity index (χ2n) is 9.92. The summed E-state index contributed by atoms with van der Waals surface area (Å²) in [6.45, 7) is 12.1. The van der Waals surface area contributed by atoms with Gasteiger partial charge in [0.1, 0.15) is 22.5 Å². The van der Waals surface area contributed by atoms with Gasteiger partial charge in [-0.15, -0.1) is 21.5 Å². The Hall–Kier alpha value is -3.14. The maximum absolute atomic E-state index is 12.8. The summed E-state index contributed by atoms with van der Waals surface area (Å²) in [4.78, 5) is 19.2. The minimum Gasteiger partial charge on any atom is -0.460 e. The number of allylic oxidation sites excluding steroid dienone is 1. The Bertz CT molecular complexity index is 1310. The lowest BCUT2D eigenvalue weighted by Gasteiger charge is -2.21. The van der Waals surface area contributed by atoms with Gasteiger partial charge in [-0.25, -0.2) is 5.48 Å². The molecule has 0 saturated heterocycles. The highest BCUT2D eigenvalue weighted by molar-refractivity contribution is 7.15. The lowest BCUT2D eigenvalue weighted by Crippen LogP contribution is -2.25. The first-order chi connectivity index (χ1) is 17.1. The number of hydroxylamine groups is 1. The number of ether oxygens (including phenoxy) is 1. The van der Waals surface area contributed by atoms with Crippen molar-refractivity contribution in [2.45, 2.75) is 66.0 Å². The van der Waals surface area contributed by atoms with E-state index in [2.05, 4.69) is 53.8 Å². The summed E-state index contributed by atoms with van der Waals surface area (Å²) in [5.74, 6) is 1.09. The second kappa shape index (κ2) is 10.5. The first kappa shape index (κ1) is 25.9. The smallest absolute Gasteiger partial charge is 0.308 e. The number of hydrogen-bond acceptors (Lipinski definition) is 8. The molecule has 0 fully saturated rings. The fraction of sp³-hybridized carbons (Fsp3) is 0.407. The molecule has 0 unspecified atom stereocenters. The van der Waals surface area contributed by atoms with Gasteiger partial charge in [0.25, 0.3) is 0 Å². The quantitative estimate of drug-likeness (QED) is 0.266. The maximum atomic E-state index is 12.8. The summed E-state index contributed by atoms with van der Waals surface area (Å²) < 4.78 is 7.67. The summed E-state index contributed by atoms with van der Waals surface area (Å²) in [6, 6.07) is 7.80. The number of aromatic nitrogens is 3. The minimum atomic E-state index is -0.582. The summed E-state index contributed by atoms with van der Waals surface area (Å²) in [5.41, 5.74) is 6.73. The monoisotopic (exact) mass is 507 g/mol. The van der Waals surface area contributed by atoms with Crippen molar-refractivity contribution in [2.75, 3.05) is 6.54 Å². The summed E-state index contributed by atoms with van der Waals surface area (Å²) in [7, 11) is 0. The zero-order valence-corrected chi connectivity index (χ0v) is 22.4. The standard InChI is InChI=1S/C27H33N5O3S/c1-16-17(2)36-26-23(16)24(20-12-10-19(11-13-20)9-7-8-14-28-34)29-21(15-22(33)35-27(4,5)6)25-31-30-18(3)32(25)26/h7-8,10-13,21,28,34H,9,14-15H2,1-6H3/t21-/m1/s1. The molecule has 0 spiro atoms. The third-order valence-electron chi connectivity index (χ3n) is 5.98. The zero-order chi connectivity index (χ0) is 26.0. The van der Waals surface area contributed by atoms with Crippen LogP contribution >= 0.6 is 11.3 Å². The third kappa shape index (κ3) is 5.48. The number of nitrogens with one attached hydrogen (secondary N) is 1. The van der Waals surface area contributed by atoms with Crippen LogP contribution in [-0.2, 0) is 16.0 Å². The van der Waals surface area contributed by atoms with E-state index in [1.807, 2.05) is 44.4 Å². The summed E-state index contributed by atoms with van der Waals surface area (Å²) >= 11 is 1.69. The Kier molecular flexibility index (Phi) is 7.54. The third-order valence-corrected chi connectivity index (χ3v) is 7.17. The van der Waals surface area contributed by atoms with Crippen molar-refractivity contribution in [3.8, 4) is 5.00 Å². The van der Waals surface area contributed by atoms with Gasteiger partial charge in [0, 0.05) is 22.5 Å². The molecular formula is C27H33N5O3S. The van der Waals surface area contributed by atoms with Gasteiger partial charge in [0.05, 0.1) is 12.1 Å². The molecule has 36 heavy (non-hydrogen) atoms. The number of esters is 1. The number of hydrogen-bond donors (Lipinski definition) is 2. The molecule has 0 saturated carbocycles. The molecule has 1 aliphatic heterocycles. The highest BCUT2D eigenvalue weighted by atomic mass is 32.1. The van der Waals surface area contributed by atoms with Crippen LogP contribution in [0.15, 0.2) is 41.4 Å². The van der Waals surface area contributed by atoms with E-state index in [1.54, 1.807) is 11.3 Å². The molecular weight excluding hydrogens is 474 g/mol. The zero-order valence-electron chi connectivity index (χ0n) is 21.6. The number of carbonyl (C=O) groups is 1. The van der Waals surface area contributed by atoms with Crippen LogP contribution < -0.4 is 5.48 Å². The molecule has 3 heterocycles. The first-order valence-corrected chi connectivity index (χ1v) is 12.8. The lowest BCUT2D eigenvalue weighted by atomic mass is 9.98. The van der Waals surface area contributed by atoms with E-state index in [0.717, 1.165) is 45.2 Å². The average Bonchev–Trinajstić information content (AvgIpc) is 3.28. The maximum Gasteiger partial charge on any atom is 0.308 e. The van der Waals surface area contributed by atoms with Gasteiger partial charge in [-0.3, -0.25) is 14.4 Å². The Morgan fingerprint density at radius 3 is 2.56 bits per heavy atom. The fourth-order valence-electron chi connectivity index (χ4n) is 4.22. The molecule has 3 aromatic rings. The van der Waals surface area contributed by atoms with Crippen molar-refractivity contribution in [3.63, 3.8) is 0 Å². The van der Waals surface area contributed by atoms with Crippen LogP contribution in [0.4, 0.5) is 0 Å². The van der Waals surface area contributed by atoms with Crippen molar-refractivity contribution in [3.05, 3.63) is 75.2 Å². The Balaban J connectivity index is 1.79. The van der Waals surface area contributed by atoms with Gasteiger partial charge in [-0.05, 0) is 59.1 Å². The molecule has 9 heteroatoms. The molecule has 4 rings (SSSR count). The molecule has 0 amide bonds. The Morgan fingerprint density at radius 1 is 1.17 bits per heavy atom. The molecule has 1 aromatic carbocycles. The summed E-state index contributed by atoms with van der Waals surface area (Å²) in [6.07, 6.45) is 4.73. The largest absolute Gasteiger partial charge is 0.460 e. The molecule has 190 valence electrons. The van der Waals surface area contributed by atoms with Crippen molar-refractivity contribution in [2.24, 2.45) is 4.99 Å². The highest BCUT2D eigenvalue weighted by Gasteiger charge is 2.33. The molecule has 0 radical (unpaired) electrons. The number of aryl methyl sites for hydroxylation is 2. The molecule has 1 atom stereocenters. The van der Waals surface area contributed by atoms with Crippen LogP contribution in [0.3, 0.4) is 0 Å². The SMILES string of the molecule is Cc1sc2c(c1C)C(c1ccc(CC=CCNO)cc1)=N[C@H](CC(=O)OC(C)(C)C)c1nnc(C)n1-2. The van der Waals surface area contributed by atoms with Crippen LogP contribution in [0.2, 0.25) is 0 Å². The van der Waals surface area contributed by atoms with E-state index >= 15 is 0 Å². The van der Waals surface area contributed by atoms with E-state index in [1.165, 1.54) is 4.88 Å². The normalized spacial score (nSPS) is 15.4. The van der Waals surface area contributed by atoms with E-state index in [-0.39, 0.29) is 12.4 Å². The predicted octanol–water partition coefficient (Wildman–Crippen LogP) is 4.96. The van der Waals surface area contributed by atoms with Crippen LogP contribution in [-0.4, -0.2) is 43.8 Å². The number of carbonyl (C=O) groups excluding carboxylic acids is 1. The van der Waals surface area contributed by atoms with E-state index in [9.17, 15) is 4.79 Å². The number of benzene rings is 1. The van der Waals surface area contributed by atoms with Crippen LogP contribution in [0.5, 0.6) is 0 Å². The average molecular weight is 508 g/mol. The van der Waals surface area contributed by atoms with Crippen LogP contribution in [0, 0.1) is 20.8 Å². The van der Waals surface area contributed by atoms with E-state index < -0.39 is 11.6 Å². The number of thiophene rings is 1. The van der Waals surface area contributed by atoms with Crippen molar-refractivity contribution in [1.29, 1.82) is 0 Å². The van der Waals surface area contributed by atoms with Gasteiger partial charge >= 0.3 is 5.97 Å². The fourth-order valence-corrected chi connectivity index (χ4v) is 5.43. The molecule has 1 aliphatic rings. The van der Waals surface area contributed by atoms with Gasteiger partial charge in [0.15, 0.2) is 5.82 Å².